The second-order valence-corrected chi connectivity index (χ2v) is 3.26. The highest BCUT2D eigenvalue weighted by Crippen LogP contribution is 2.26. The Morgan fingerprint density at radius 2 is 2.07 bits per heavy atom. The molecule has 0 aromatic heterocycles. The Morgan fingerprint density at radius 1 is 1.50 bits per heavy atom. The second-order valence-electron chi connectivity index (χ2n) is 2.71. The predicted octanol–water partition coefficient (Wildman–Crippen LogP) is 1.63. The van der Waals surface area contributed by atoms with Gasteiger partial charge in [-0.25, -0.2) is 4.79 Å². The van der Waals surface area contributed by atoms with E-state index in [1.165, 1.54) is 0 Å². The van der Waals surface area contributed by atoms with Crippen LogP contribution in [0.1, 0.15) is 12.5 Å². The number of esters is 1. The number of halogens is 1. The van der Waals surface area contributed by atoms with E-state index in [1.807, 2.05) is 0 Å². The van der Waals surface area contributed by atoms with Crippen molar-refractivity contribution < 1.29 is 14.6 Å². The van der Waals surface area contributed by atoms with Crippen LogP contribution < -0.4 is 0 Å². The molecule has 0 aliphatic heterocycles. The lowest BCUT2D eigenvalue weighted by molar-refractivity contribution is -0.157. The van der Waals surface area contributed by atoms with Gasteiger partial charge in [0.1, 0.15) is 0 Å². The molecule has 0 spiro atoms. The molecule has 0 amide bonds. The van der Waals surface area contributed by atoms with Gasteiger partial charge in [-0.3, -0.25) is 0 Å². The molecule has 0 saturated heterocycles. The molecule has 0 heterocycles. The van der Waals surface area contributed by atoms with Crippen molar-refractivity contribution in [2.24, 2.45) is 0 Å². The van der Waals surface area contributed by atoms with Crippen LogP contribution in [0.5, 0.6) is 0 Å². The highest BCUT2D eigenvalue weighted by Gasteiger charge is 2.36. The summed E-state index contributed by atoms with van der Waals surface area (Å²) in [6.45, 7) is 1.83. The molecule has 0 aliphatic rings. The normalized spacial score (nSPS) is 14.5. The quantitative estimate of drug-likeness (QED) is 0.615. The highest BCUT2D eigenvalue weighted by atomic mass is 35.5. The number of carbonyl (C=O) groups is 1. The fourth-order valence-electron chi connectivity index (χ4n) is 1.00. The number of hydrogen-bond donors (Lipinski definition) is 1. The summed E-state index contributed by atoms with van der Waals surface area (Å²) < 4.78 is 4.64. The van der Waals surface area contributed by atoms with E-state index in [0.29, 0.717) is 5.56 Å². The minimum atomic E-state index is -2.09. The van der Waals surface area contributed by atoms with Crippen LogP contribution in [0.2, 0.25) is 0 Å². The maximum absolute atomic E-state index is 11.3. The van der Waals surface area contributed by atoms with E-state index in [4.69, 9.17) is 11.6 Å². The van der Waals surface area contributed by atoms with Crippen LogP contribution in [-0.2, 0) is 14.6 Å². The smallest absolute Gasteiger partial charge is 0.359 e. The number of rotatable bonds is 3. The lowest BCUT2D eigenvalue weighted by atomic mass is 10.1. The molecular formula is C10H11ClO3. The minimum absolute atomic E-state index is 0.181. The van der Waals surface area contributed by atoms with E-state index in [9.17, 15) is 9.90 Å². The summed E-state index contributed by atoms with van der Waals surface area (Å²) in [7, 11) is 0. The number of carbonyl (C=O) groups excluding carboxylic acids is 1. The maximum atomic E-state index is 11.3. The standard InChI is InChI=1S/C10H11ClO3/c1-2-14-9(12)10(11,13)8-6-4-3-5-7-8/h3-7,13H,2H2,1H3. The van der Waals surface area contributed by atoms with Crippen LogP contribution in [0.15, 0.2) is 30.3 Å². The molecule has 0 bridgehead atoms. The molecule has 1 aromatic carbocycles. The van der Waals surface area contributed by atoms with Gasteiger partial charge in [0, 0.05) is 5.56 Å². The summed E-state index contributed by atoms with van der Waals surface area (Å²) in [5, 5.41) is 7.59. The van der Waals surface area contributed by atoms with Crippen molar-refractivity contribution in [2.75, 3.05) is 6.61 Å². The van der Waals surface area contributed by atoms with E-state index < -0.39 is 11.0 Å². The zero-order chi connectivity index (χ0) is 10.6. The highest BCUT2D eigenvalue weighted by molar-refractivity contribution is 6.32. The summed E-state index contributed by atoms with van der Waals surface area (Å²) in [4.78, 5) is 11.3. The average Bonchev–Trinajstić information content (AvgIpc) is 2.19. The molecule has 14 heavy (non-hydrogen) atoms. The largest absolute Gasteiger partial charge is 0.463 e. The van der Waals surface area contributed by atoms with Crippen LogP contribution in [0.3, 0.4) is 0 Å². The molecule has 0 fully saturated rings. The number of hydrogen-bond acceptors (Lipinski definition) is 3. The molecule has 3 nitrogen and oxygen atoms in total. The number of benzene rings is 1. The average molecular weight is 215 g/mol. The first kappa shape index (κ1) is 11.0. The fourth-order valence-corrected chi connectivity index (χ4v) is 1.18. The van der Waals surface area contributed by atoms with Gasteiger partial charge >= 0.3 is 5.97 Å². The van der Waals surface area contributed by atoms with Crippen LogP contribution >= 0.6 is 11.6 Å². The molecular weight excluding hydrogens is 204 g/mol. The lowest BCUT2D eigenvalue weighted by Crippen LogP contribution is -2.31. The molecule has 1 atom stereocenters. The Bertz CT molecular complexity index is 308. The van der Waals surface area contributed by atoms with Crippen LogP contribution in [0.4, 0.5) is 0 Å². The summed E-state index contributed by atoms with van der Waals surface area (Å²) in [6.07, 6.45) is 0. The summed E-state index contributed by atoms with van der Waals surface area (Å²) >= 11 is 5.67. The second kappa shape index (κ2) is 4.44. The van der Waals surface area contributed by atoms with E-state index >= 15 is 0 Å². The third-order valence-corrected chi connectivity index (χ3v) is 2.07. The van der Waals surface area contributed by atoms with Gasteiger partial charge in [-0.1, -0.05) is 41.9 Å². The van der Waals surface area contributed by atoms with Gasteiger partial charge in [-0.15, -0.1) is 0 Å². The van der Waals surface area contributed by atoms with Crippen molar-refractivity contribution in [1.29, 1.82) is 0 Å². The monoisotopic (exact) mass is 214 g/mol. The van der Waals surface area contributed by atoms with E-state index in [1.54, 1.807) is 37.3 Å². The van der Waals surface area contributed by atoms with E-state index in [0.717, 1.165) is 0 Å². The maximum Gasteiger partial charge on any atom is 0.359 e. The molecule has 0 saturated carbocycles. The van der Waals surface area contributed by atoms with Crippen molar-refractivity contribution >= 4 is 17.6 Å². The molecule has 76 valence electrons. The Labute approximate surface area is 87.3 Å². The van der Waals surface area contributed by atoms with E-state index in [2.05, 4.69) is 4.74 Å². The number of ether oxygens (including phenoxy) is 1. The number of alkyl halides is 1. The summed E-state index contributed by atoms with van der Waals surface area (Å²) in [5.74, 6) is -0.854. The van der Waals surface area contributed by atoms with Gasteiger partial charge in [0.05, 0.1) is 6.61 Å². The van der Waals surface area contributed by atoms with Crippen molar-refractivity contribution in [3.63, 3.8) is 0 Å². The zero-order valence-corrected chi connectivity index (χ0v) is 8.49. The van der Waals surface area contributed by atoms with Gasteiger partial charge < -0.3 is 9.84 Å². The third kappa shape index (κ3) is 2.25. The Balaban J connectivity index is 2.90. The SMILES string of the molecule is CCOC(=O)C(O)(Cl)c1ccccc1. The molecule has 0 aliphatic carbocycles. The first-order chi connectivity index (χ1) is 6.59. The minimum Gasteiger partial charge on any atom is -0.463 e. The Kier molecular flexibility index (Phi) is 3.49. The summed E-state index contributed by atoms with van der Waals surface area (Å²) in [6, 6.07) is 8.25. The number of aliphatic hydroxyl groups is 1. The van der Waals surface area contributed by atoms with Gasteiger partial charge in [0.25, 0.3) is 5.06 Å². The Morgan fingerprint density at radius 3 is 2.57 bits per heavy atom. The fraction of sp³-hybridized carbons (Fsp3) is 0.300. The van der Waals surface area contributed by atoms with Crippen molar-refractivity contribution in [1.82, 2.24) is 0 Å². The van der Waals surface area contributed by atoms with Crippen LogP contribution in [0.25, 0.3) is 0 Å². The zero-order valence-electron chi connectivity index (χ0n) is 7.74. The molecule has 4 heteroatoms. The van der Waals surface area contributed by atoms with Crippen LogP contribution in [-0.4, -0.2) is 17.7 Å². The van der Waals surface area contributed by atoms with Crippen molar-refractivity contribution in [3.8, 4) is 0 Å². The van der Waals surface area contributed by atoms with Crippen molar-refractivity contribution in [2.45, 2.75) is 12.0 Å². The third-order valence-electron chi connectivity index (χ3n) is 1.70. The van der Waals surface area contributed by atoms with Gasteiger partial charge in [0.15, 0.2) is 0 Å². The first-order valence-corrected chi connectivity index (χ1v) is 4.61. The molecule has 1 aromatic rings. The topological polar surface area (TPSA) is 46.5 Å². The van der Waals surface area contributed by atoms with E-state index in [-0.39, 0.29) is 6.61 Å². The Hall–Kier alpha value is -1.06. The molecule has 1 unspecified atom stereocenters. The first-order valence-electron chi connectivity index (χ1n) is 4.23. The van der Waals surface area contributed by atoms with Crippen molar-refractivity contribution in [3.05, 3.63) is 35.9 Å². The summed E-state index contributed by atoms with van der Waals surface area (Å²) in [5.41, 5.74) is 0.306. The lowest BCUT2D eigenvalue weighted by Gasteiger charge is -2.18. The van der Waals surface area contributed by atoms with Gasteiger partial charge in [0.2, 0.25) is 0 Å². The van der Waals surface area contributed by atoms with Crippen LogP contribution in [0, 0.1) is 0 Å². The predicted molar refractivity (Wildman–Crippen MR) is 52.8 cm³/mol. The molecule has 1 N–H and O–H groups in total. The molecule has 1 rings (SSSR count). The van der Waals surface area contributed by atoms with Gasteiger partial charge in [-0.2, -0.15) is 0 Å². The van der Waals surface area contributed by atoms with Gasteiger partial charge in [-0.05, 0) is 6.92 Å². The molecule has 0 radical (unpaired) electrons.